The van der Waals surface area contributed by atoms with Crippen molar-refractivity contribution in [3.8, 4) is 0 Å². The molecule has 0 bridgehead atoms. The second-order valence-corrected chi connectivity index (χ2v) is 5.97. The molecular weight excluding hydrogens is 342 g/mol. The van der Waals surface area contributed by atoms with E-state index in [2.05, 4.69) is 5.32 Å². The van der Waals surface area contributed by atoms with Gasteiger partial charge in [-0.05, 0) is 48.0 Å². The monoisotopic (exact) mass is 361 g/mol. The van der Waals surface area contributed by atoms with Crippen molar-refractivity contribution in [3.63, 3.8) is 0 Å². The molecule has 0 saturated heterocycles. The summed E-state index contributed by atoms with van der Waals surface area (Å²) in [6, 6.07) is 15.3. The van der Waals surface area contributed by atoms with E-state index in [1.165, 1.54) is 6.26 Å². The number of nitrogens with two attached hydrogens (primary N) is 2. The Bertz CT molecular complexity index is 954. The number of Topliss-reactive ketones (excluding diaryl/α,β-unsaturated/α-hetero) is 1. The zero-order valence-corrected chi connectivity index (χ0v) is 14.5. The van der Waals surface area contributed by atoms with E-state index in [0.717, 1.165) is 5.56 Å². The SMILES string of the molecule is Nc1cc(N)cc(C(=O)Nc2ccc(/C=C/CC(=O)c3ccco3)cc2)c1. The number of hydrogen-bond donors (Lipinski definition) is 3. The van der Waals surface area contributed by atoms with E-state index in [0.29, 0.717) is 28.4 Å². The van der Waals surface area contributed by atoms with Crippen LogP contribution < -0.4 is 16.8 Å². The third-order valence-corrected chi connectivity index (χ3v) is 3.82. The molecule has 0 aliphatic rings. The molecule has 1 heterocycles. The van der Waals surface area contributed by atoms with Crippen molar-refractivity contribution < 1.29 is 14.0 Å². The van der Waals surface area contributed by atoms with Crippen molar-refractivity contribution in [2.45, 2.75) is 6.42 Å². The molecule has 27 heavy (non-hydrogen) atoms. The Morgan fingerprint density at radius 3 is 2.33 bits per heavy atom. The predicted molar refractivity (Wildman–Crippen MR) is 106 cm³/mol. The summed E-state index contributed by atoms with van der Waals surface area (Å²) >= 11 is 0. The second-order valence-electron chi connectivity index (χ2n) is 5.97. The first-order valence-electron chi connectivity index (χ1n) is 8.32. The van der Waals surface area contributed by atoms with E-state index in [4.69, 9.17) is 15.9 Å². The molecule has 0 saturated carbocycles. The first-order chi connectivity index (χ1) is 13.0. The van der Waals surface area contributed by atoms with Gasteiger partial charge in [-0.2, -0.15) is 0 Å². The van der Waals surface area contributed by atoms with Crippen LogP contribution in [-0.2, 0) is 0 Å². The number of nitrogens with one attached hydrogen (secondary N) is 1. The maximum atomic E-state index is 12.3. The van der Waals surface area contributed by atoms with Crippen molar-refractivity contribution in [2.24, 2.45) is 0 Å². The Hall–Kier alpha value is -3.80. The minimum absolute atomic E-state index is 0.0819. The zero-order valence-electron chi connectivity index (χ0n) is 14.5. The number of benzene rings is 2. The Kier molecular flexibility index (Phi) is 5.37. The lowest BCUT2D eigenvalue weighted by Crippen LogP contribution is -2.12. The molecule has 2 aromatic carbocycles. The van der Waals surface area contributed by atoms with Crippen LogP contribution in [0.3, 0.4) is 0 Å². The minimum atomic E-state index is -0.290. The predicted octanol–water partition coefficient (Wildman–Crippen LogP) is 3.98. The molecule has 0 unspecified atom stereocenters. The molecule has 3 aromatic rings. The van der Waals surface area contributed by atoms with Crippen LogP contribution in [0.2, 0.25) is 0 Å². The fourth-order valence-corrected chi connectivity index (χ4v) is 2.53. The fraction of sp³-hybridized carbons (Fsp3) is 0.0476. The first kappa shape index (κ1) is 18.0. The molecule has 3 rings (SSSR count). The smallest absolute Gasteiger partial charge is 0.255 e. The van der Waals surface area contributed by atoms with Crippen LogP contribution in [0.1, 0.15) is 32.9 Å². The van der Waals surface area contributed by atoms with Gasteiger partial charge in [-0.3, -0.25) is 9.59 Å². The van der Waals surface area contributed by atoms with E-state index >= 15 is 0 Å². The van der Waals surface area contributed by atoms with Crippen LogP contribution in [-0.4, -0.2) is 11.7 Å². The van der Waals surface area contributed by atoms with Gasteiger partial charge in [-0.1, -0.05) is 24.3 Å². The Morgan fingerprint density at radius 2 is 1.70 bits per heavy atom. The highest BCUT2D eigenvalue weighted by Gasteiger charge is 2.08. The van der Waals surface area contributed by atoms with Crippen LogP contribution in [0.5, 0.6) is 0 Å². The van der Waals surface area contributed by atoms with Gasteiger partial charge in [-0.15, -0.1) is 0 Å². The van der Waals surface area contributed by atoms with Crippen LogP contribution >= 0.6 is 0 Å². The number of rotatable bonds is 6. The van der Waals surface area contributed by atoms with E-state index < -0.39 is 0 Å². The number of nitrogen functional groups attached to an aromatic ring is 2. The average molecular weight is 361 g/mol. The normalized spacial score (nSPS) is 10.8. The Balaban J connectivity index is 1.59. The number of amides is 1. The minimum Gasteiger partial charge on any atom is -0.461 e. The maximum Gasteiger partial charge on any atom is 0.255 e. The summed E-state index contributed by atoms with van der Waals surface area (Å²) in [4.78, 5) is 24.1. The standard InChI is InChI=1S/C21H19N3O3/c22-16-11-15(12-17(23)13-16)21(26)24-18-8-6-14(7-9-18)3-1-4-19(25)20-5-2-10-27-20/h1-3,5-13H,4,22-23H2,(H,24,26)/b3-1+. The lowest BCUT2D eigenvalue weighted by atomic mass is 10.1. The summed E-state index contributed by atoms with van der Waals surface area (Å²) in [6.45, 7) is 0. The molecule has 0 aliphatic carbocycles. The van der Waals surface area contributed by atoms with Gasteiger partial charge in [0.15, 0.2) is 5.76 Å². The largest absolute Gasteiger partial charge is 0.461 e. The van der Waals surface area contributed by atoms with Crippen LogP contribution in [0.4, 0.5) is 17.1 Å². The molecule has 0 fully saturated rings. The highest BCUT2D eigenvalue weighted by atomic mass is 16.3. The lowest BCUT2D eigenvalue weighted by molar-refractivity contribution is 0.0968. The number of allylic oxidation sites excluding steroid dienone is 1. The van der Waals surface area contributed by atoms with Crippen LogP contribution in [0.15, 0.2) is 71.4 Å². The van der Waals surface area contributed by atoms with Gasteiger partial charge in [0.1, 0.15) is 0 Å². The van der Waals surface area contributed by atoms with Crippen LogP contribution in [0, 0.1) is 0 Å². The second kappa shape index (κ2) is 8.05. The molecule has 1 amide bonds. The van der Waals surface area contributed by atoms with Gasteiger partial charge < -0.3 is 21.2 Å². The van der Waals surface area contributed by atoms with E-state index in [-0.39, 0.29) is 18.1 Å². The van der Waals surface area contributed by atoms with Gasteiger partial charge in [0.05, 0.1) is 6.26 Å². The third kappa shape index (κ3) is 4.85. The summed E-state index contributed by atoms with van der Waals surface area (Å²) < 4.78 is 5.06. The zero-order chi connectivity index (χ0) is 19.2. The van der Waals surface area contributed by atoms with E-state index in [1.807, 2.05) is 18.2 Å². The van der Waals surface area contributed by atoms with Crippen molar-refractivity contribution >= 4 is 34.8 Å². The number of ketones is 1. The van der Waals surface area contributed by atoms with E-state index in [9.17, 15) is 9.59 Å². The van der Waals surface area contributed by atoms with Gasteiger partial charge in [-0.25, -0.2) is 0 Å². The van der Waals surface area contributed by atoms with Crippen LogP contribution in [0.25, 0.3) is 6.08 Å². The number of carbonyl (C=O) groups is 2. The number of furan rings is 1. The molecule has 6 nitrogen and oxygen atoms in total. The van der Waals surface area contributed by atoms with Crippen molar-refractivity contribution in [3.05, 3.63) is 83.8 Å². The molecule has 0 aliphatic heterocycles. The molecule has 6 heteroatoms. The molecule has 136 valence electrons. The molecule has 0 spiro atoms. The van der Waals surface area contributed by atoms with Gasteiger partial charge in [0.25, 0.3) is 5.91 Å². The quantitative estimate of drug-likeness (QED) is 0.454. The fourth-order valence-electron chi connectivity index (χ4n) is 2.53. The van der Waals surface area contributed by atoms with Crippen molar-refractivity contribution in [1.82, 2.24) is 0 Å². The Morgan fingerprint density at radius 1 is 1.00 bits per heavy atom. The number of carbonyl (C=O) groups excluding carboxylic acids is 2. The highest BCUT2D eigenvalue weighted by Crippen LogP contribution is 2.17. The topological polar surface area (TPSA) is 111 Å². The summed E-state index contributed by atoms with van der Waals surface area (Å²) in [5.74, 6) is -0.0252. The average Bonchev–Trinajstić information content (AvgIpc) is 3.17. The molecule has 5 N–H and O–H groups in total. The van der Waals surface area contributed by atoms with E-state index in [1.54, 1.807) is 48.5 Å². The lowest BCUT2D eigenvalue weighted by Gasteiger charge is -2.07. The highest BCUT2D eigenvalue weighted by molar-refractivity contribution is 6.05. The molecule has 0 atom stereocenters. The first-order valence-corrected chi connectivity index (χ1v) is 8.32. The van der Waals surface area contributed by atoms with Gasteiger partial charge >= 0.3 is 0 Å². The maximum absolute atomic E-state index is 12.3. The molecule has 1 aromatic heterocycles. The summed E-state index contributed by atoms with van der Waals surface area (Å²) in [5.41, 5.74) is 14.2. The molecular formula is C21H19N3O3. The third-order valence-electron chi connectivity index (χ3n) is 3.82. The number of hydrogen-bond acceptors (Lipinski definition) is 5. The van der Waals surface area contributed by atoms with Crippen molar-refractivity contribution in [1.29, 1.82) is 0 Å². The summed E-state index contributed by atoms with van der Waals surface area (Å²) in [6.07, 6.45) is 5.34. The summed E-state index contributed by atoms with van der Waals surface area (Å²) in [5, 5.41) is 2.79. The van der Waals surface area contributed by atoms with Gasteiger partial charge in [0.2, 0.25) is 5.78 Å². The van der Waals surface area contributed by atoms with Gasteiger partial charge in [0, 0.05) is 29.0 Å². The molecule has 0 radical (unpaired) electrons. The number of anilines is 3. The summed E-state index contributed by atoms with van der Waals surface area (Å²) in [7, 11) is 0. The Labute approximate surface area is 156 Å². The van der Waals surface area contributed by atoms with Crippen molar-refractivity contribution in [2.75, 3.05) is 16.8 Å².